The summed E-state index contributed by atoms with van der Waals surface area (Å²) in [5.41, 5.74) is 6.04. The molecule has 2 amide bonds. The highest BCUT2D eigenvalue weighted by Crippen LogP contribution is 2.21. The summed E-state index contributed by atoms with van der Waals surface area (Å²) in [5.74, 6) is -1.53. The van der Waals surface area contributed by atoms with Gasteiger partial charge in [0, 0.05) is 24.1 Å². The average molecular weight is 479 g/mol. The van der Waals surface area contributed by atoms with Crippen LogP contribution in [0.5, 0.6) is 0 Å². The van der Waals surface area contributed by atoms with E-state index in [1.165, 1.54) is 6.07 Å². The minimum absolute atomic E-state index is 0.0597. The molecule has 4 rings (SSSR count). The Morgan fingerprint density at radius 3 is 2.29 bits per heavy atom. The number of hydrogen-bond acceptors (Lipinski definition) is 4. The van der Waals surface area contributed by atoms with E-state index >= 15 is 0 Å². The summed E-state index contributed by atoms with van der Waals surface area (Å²) in [6.45, 7) is 3.44. The fourth-order valence-corrected chi connectivity index (χ4v) is 5.23. The molecule has 8 nitrogen and oxygen atoms in total. The first-order valence-electron chi connectivity index (χ1n) is 10.8. The van der Waals surface area contributed by atoms with E-state index in [9.17, 15) is 18.0 Å². The number of carbonyl (C=O) groups excluding carboxylic acids is 2. The Morgan fingerprint density at radius 2 is 1.56 bits per heavy atom. The second-order valence-corrected chi connectivity index (χ2v) is 10.2. The number of sulfonamides is 1. The van der Waals surface area contributed by atoms with E-state index in [-0.39, 0.29) is 10.8 Å². The zero-order valence-corrected chi connectivity index (χ0v) is 19.9. The summed E-state index contributed by atoms with van der Waals surface area (Å²) < 4.78 is 30.3. The van der Waals surface area contributed by atoms with E-state index in [1.54, 1.807) is 32.2 Å². The number of aryl methyl sites for hydroxylation is 1. The third kappa shape index (κ3) is 4.66. The fraction of sp³-hybridized carbons (Fsp3) is 0.200. The van der Waals surface area contributed by atoms with Crippen molar-refractivity contribution < 1.29 is 18.0 Å². The third-order valence-electron chi connectivity index (χ3n) is 5.70. The molecule has 0 saturated carbocycles. The van der Waals surface area contributed by atoms with Gasteiger partial charge >= 0.3 is 0 Å². The van der Waals surface area contributed by atoms with Crippen LogP contribution in [0.25, 0.3) is 21.7 Å². The molecule has 1 atom stereocenters. The number of para-hydroxylation sites is 1. The van der Waals surface area contributed by atoms with Gasteiger partial charge in [0.05, 0.1) is 10.5 Å². The van der Waals surface area contributed by atoms with E-state index in [1.807, 2.05) is 60.1 Å². The maximum Gasteiger partial charge on any atom is 0.271 e. The van der Waals surface area contributed by atoms with Crippen molar-refractivity contribution >= 4 is 43.5 Å². The number of hydrogen-bond donors (Lipinski definition) is 3. The van der Waals surface area contributed by atoms with Crippen molar-refractivity contribution in [2.45, 2.75) is 24.8 Å². The van der Waals surface area contributed by atoms with Crippen LogP contribution in [0.1, 0.15) is 24.2 Å². The highest BCUT2D eigenvalue weighted by molar-refractivity contribution is 7.89. The fourth-order valence-electron chi connectivity index (χ4n) is 3.85. The van der Waals surface area contributed by atoms with Gasteiger partial charge in [-0.15, -0.1) is 0 Å². The van der Waals surface area contributed by atoms with Gasteiger partial charge in [-0.05, 0) is 34.9 Å². The summed E-state index contributed by atoms with van der Waals surface area (Å²) in [4.78, 5) is 25.6. The average Bonchev–Trinajstić information content (AvgIpc) is 3.17. The Kier molecular flexibility index (Phi) is 6.41. The predicted octanol–water partition coefficient (Wildman–Crippen LogP) is 3.10. The predicted molar refractivity (Wildman–Crippen MR) is 131 cm³/mol. The Labute approximate surface area is 198 Å². The Hall–Kier alpha value is -3.69. The summed E-state index contributed by atoms with van der Waals surface area (Å²) in [6.07, 6.45) is 1.68. The molecule has 1 heterocycles. The van der Waals surface area contributed by atoms with Gasteiger partial charge in [0.1, 0.15) is 6.04 Å². The smallest absolute Gasteiger partial charge is 0.271 e. The van der Waals surface area contributed by atoms with Crippen LogP contribution in [0.15, 0.2) is 77.8 Å². The molecule has 0 fully saturated rings. The van der Waals surface area contributed by atoms with E-state index in [2.05, 4.69) is 15.6 Å². The molecule has 4 aromatic rings. The van der Waals surface area contributed by atoms with Crippen LogP contribution in [0, 0.1) is 5.92 Å². The van der Waals surface area contributed by atoms with E-state index < -0.39 is 27.9 Å². The largest absolute Gasteiger partial charge is 0.350 e. The van der Waals surface area contributed by atoms with Crippen molar-refractivity contribution in [2.75, 3.05) is 0 Å². The van der Waals surface area contributed by atoms with E-state index in [4.69, 9.17) is 0 Å². The molecule has 0 aliphatic heterocycles. The number of rotatable bonds is 6. The quantitative estimate of drug-likeness (QED) is 0.370. The van der Waals surface area contributed by atoms with Gasteiger partial charge in [-0.1, -0.05) is 62.4 Å². The number of benzene rings is 3. The van der Waals surface area contributed by atoms with Crippen LogP contribution in [-0.2, 0) is 21.9 Å². The molecule has 0 bridgehead atoms. The molecule has 1 unspecified atom stereocenters. The van der Waals surface area contributed by atoms with Crippen LogP contribution in [0.2, 0.25) is 0 Å². The van der Waals surface area contributed by atoms with Crippen LogP contribution in [0.3, 0.4) is 0 Å². The second-order valence-electron chi connectivity index (χ2n) is 8.47. The topological polar surface area (TPSA) is 109 Å². The third-order valence-corrected chi connectivity index (χ3v) is 7.14. The number of hydrazine groups is 1. The lowest BCUT2D eigenvalue weighted by atomic mass is 10.1. The van der Waals surface area contributed by atoms with E-state index in [0.717, 1.165) is 21.7 Å². The first-order chi connectivity index (χ1) is 16.2. The minimum Gasteiger partial charge on any atom is -0.350 e. The van der Waals surface area contributed by atoms with Crippen molar-refractivity contribution in [3.8, 4) is 0 Å². The lowest BCUT2D eigenvalue weighted by Gasteiger charge is -2.22. The zero-order valence-electron chi connectivity index (χ0n) is 19.1. The van der Waals surface area contributed by atoms with Gasteiger partial charge in [0.2, 0.25) is 10.0 Å². The van der Waals surface area contributed by atoms with Crippen LogP contribution in [0.4, 0.5) is 0 Å². The SMILES string of the molecule is CC(C)C(NS(=O)(=O)c1ccc2ccccc2c1)C(=O)NNC(=O)c1cn(C)c2ccccc12. The number of fused-ring (bicyclic) bond motifs is 2. The molecule has 34 heavy (non-hydrogen) atoms. The summed E-state index contributed by atoms with van der Waals surface area (Å²) in [7, 11) is -2.16. The Balaban J connectivity index is 1.49. The second kappa shape index (κ2) is 9.28. The van der Waals surface area contributed by atoms with Gasteiger partial charge < -0.3 is 4.57 Å². The Morgan fingerprint density at radius 1 is 0.882 bits per heavy atom. The van der Waals surface area contributed by atoms with Gasteiger partial charge in [-0.25, -0.2) is 8.42 Å². The summed E-state index contributed by atoms with van der Waals surface area (Å²) in [5, 5.41) is 2.43. The zero-order chi connectivity index (χ0) is 24.5. The number of amides is 2. The number of nitrogens with zero attached hydrogens (tertiary/aromatic N) is 1. The molecule has 0 saturated heterocycles. The molecule has 3 N–H and O–H groups in total. The number of aromatic nitrogens is 1. The number of carbonyl (C=O) groups is 2. The van der Waals surface area contributed by atoms with Crippen molar-refractivity contribution in [3.63, 3.8) is 0 Å². The van der Waals surface area contributed by atoms with Crippen molar-refractivity contribution in [1.82, 2.24) is 20.1 Å². The maximum atomic E-state index is 13.0. The lowest BCUT2D eigenvalue weighted by Crippen LogP contribution is -2.54. The minimum atomic E-state index is -3.98. The standard InChI is InChI=1S/C25H26N4O4S/c1-16(2)23(28-34(32,33)19-13-12-17-8-4-5-9-18(17)14-19)25(31)27-26-24(30)21-15-29(3)22-11-7-6-10-20(21)22/h4-16,23,28H,1-3H3,(H,26,30)(H,27,31). The van der Waals surface area contributed by atoms with Gasteiger partial charge in [0.15, 0.2) is 0 Å². The highest BCUT2D eigenvalue weighted by atomic mass is 32.2. The molecule has 176 valence electrons. The maximum absolute atomic E-state index is 13.0. The summed E-state index contributed by atoms with van der Waals surface area (Å²) >= 11 is 0. The molecule has 9 heteroatoms. The van der Waals surface area contributed by atoms with Crippen LogP contribution < -0.4 is 15.6 Å². The van der Waals surface area contributed by atoms with Crippen molar-refractivity contribution in [3.05, 3.63) is 78.5 Å². The van der Waals surface area contributed by atoms with Crippen molar-refractivity contribution in [2.24, 2.45) is 13.0 Å². The van der Waals surface area contributed by atoms with Crippen LogP contribution >= 0.6 is 0 Å². The molecule has 0 aliphatic rings. The molecule has 0 aliphatic carbocycles. The first-order valence-corrected chi connectivity index (χ1v) is 12.3. The molecule has 0 spiro atoms. The van der Waals surface area contributed by atoms with Gasteiger partial charge in [-0.2, -0.15) is 4.72 Å². The van der Waals surface area contributed by atoms with E-state index in [0.29, 0.717) is 5.56 Å². The number of nitrogens with one attached hydrogen (secondary N) is 3. The molecular weight excluding hydrogens is 452 g/mol. The van der Waals surface area contributed by atoms with Gasteiger partial charge in [-0.3, -0.25) is 20.4 Å². The van der Waals surface area contributed by atoms with Gasteiger partial charge in [0.25, 0.3) is 11.8 Å². The highest BCUT2D eigenvalue weighted by Gasteiger charge is 2.29. The first kappa shape index (κ1) is 23.5. The molecule has 3 aromatic carbocycles. The lowest BCUT2D eigenvalue weighted by molar-refractivity contribution is -0.124. The molecule has 0 radical (unpaired) electrons. The molecular formula is C25H26N4O4S. The normalized spacial score (nSPS) is 12.7. The van der Waals surface area contributed by atoms with Crippen LogP contribution in [-0.4, -0.2) is 30.8 Å². The Bertz CT molecular complexity index is 1490. The molecule has 1 aromatic heterocycles. The van der Waals surface area contributed by atoms with Crippen molar-refractivity contribution in [1.29, 1.82) is 0 Å². The summed E-state index contributed by atoms with van der Waals surface area (Å²) in [6, 6.07) is 18.5. The monoisotopic (exact) mass is 478 g/mol.